The molecule has 0 amide bonds. The van der Waals surface area contributed by atoms with Crippen molar-refractivity contribution in [1.82, 2.24) is 9.97 Å². The molecule has 3 aromatic rings. The second-order valence-electron chi connectivity index (χ2n) is 4.25. The number of nitrogens with one attached hydrogen (secondary N) is 1. The molecule has 3 rings (SSSR count). The van der Waals surface area contributed by atoms with Crippen LogP contribution in [0.5, 0.6) is 0 Å². The zero-order chi connectivity index (χ0) is 13.8. The smallest absolute Gasteiger partial charge is 0.163 e. The topological polar surface area (TPSA) is 51.0 Å². The van der Waals surface area contributed by atoms with E-state index in [9.17, 15) is 0 Å². The van der Waals surface area contributed by atoms with Gasteiger partial charge in [0.2, 0.25) is 0 Å². The van der Waals surface area contributed by atoms with Crippen molar-refractivity contribution >= 4 is 17.4 Å². The SMILES string of the molecule is Clc1cc(NCc2ccoc2)nc(-c2ccccc2)n1. The Morgan fingerprint density at radius 1 is 1.10 bits per heavy atom. The lowest BCUT2D eigenvalue weighted by atomic mass is 10.2. The third-order valence-electron chi connectivity index (χ3n) is 2.78. The van der Waals surface area contributed by atoms with E-state index in [2.05, 4.69) is 15.3 Å². The molecule has 0 spiro atoms. The van der Waals surface area contributed by atoms with Gasteiger partial charge in [0.05, 0.1) is 12.5 Å². The molecular formula is C15H12ClN3O. The van der Waals surface area contributed by atoms with Gasteiger partial charge in [-0.1, -0.05) is 41.9 Å². The van der Waals surface area contributed by atoms with Gasteiger partial charge in [0, 0.05) is 23.7 Å². The van der Waals surface area contributed by atoms with Crippen LogP contribution < -0.4 is 5.32 Å². The number of benzene rings is 1. The molecule has 20 heavy (non-hydrogen) atoms. The number of anilines is 1. The number of aromatic nitrogens is 2. The second-order valence-corrected chi connectivity index (χ2v) is 4.64. The molecule has 0 aliphatic carbocycles. The summed E-state index contributed by atoms with van der Waals surface area (Å²) >= 11 is 6.05. The normalized spacial score (nSPS) is 10.4. The van der Waals surface area contributed by atoms with Gasteiger partial charge >= 0.3 is 0 Å². The maximum Gasteiger partial charge on any atom is 0.163 e. The van der Waals surface area contributed by atoms with Crippen molar-refractivity contribution in [2.75, 3.05) is 5.32 Å². The number of hydrogen-bond donors (Lipinski definition) is 1. The van der Waals surface area contributed by atoms with Crippen LogP contribution in [-0.4, -0.2) is 9.97 Å². The molecule has 0 unspecified atom stereocenters. The van der Waals surface area contributed by atoms with Gasteiger partial charge in [-0.15, -0.1) is 0 Å². The third-order valence-corrected chi connectivity index (χ3v) is 2.97. The molecule has 100 valence electrons. The Kier molecular flexibility index (Phi) is 3.65. The van der Waals surface area contributed by atoms with E-state index in [1.54, 1.807) is 18.6 Å². The summed E-state index contributed by atoms with van der Waals surface area (Å²) in [7, 11) is 0. The van der Waals surface area contributed by atoms with Gasteiger partial charge in [-0.2, -0.15) is 0 Å². The number of rotatable bonds is 4. The first-order valence-electron chi connectivity index (χ1n) is 6.16. The fraction of sp³-hybridized carbons (Fsp3) is 0.0667. The highest BCUT2D eigenvalue weighted by Crippen LogP contribution is 2.20. The quantitative estimate of drug-likeness (QED) is 0.736. The third kappa shape index (κ3) is 2.97. The minimum atomic E-state index is 0.411. The summed E-state index contributed by atoms with van der Waals surface area (Å²) in [5, 5.41) is 3.61. The minimum Gasteiger partial charge on any atom is -0.472 e. The number of furan rings is 1. The first-order valence-corrected chi connectivity index (χ1v) is 6.54. The van der Waals surface area contributed by atoms with Gasteiger partial charge in [-0.05, 0) is 6.07 Å². The monoisotopic (exact) mass is 285 g/mol. The standard InChI is InChI=1S/C15H12ClN3O/c16-13-8-14(17-9-11-6-7-20-10-11)19-15(18-13)12-4-2-1-3-5-12/h1-8,10H,9H2,(H,17,18,19). The van der Waals surface area contributed by atoms with E-state index in [0.717, 1.165) is 11.1 Å². The summed E-state index contributed by atoms with van der Waals surface area (Å²) in [4.78, 5) is 8.71. The molecule has 2 heterocycles. The van der Waals surface area contributed by atoms with Crippen LogP contribution in [0.1, 0.15) is 5.56 Å². The highest BCUT2D eigenvalue weighted by molar-refractivity contribution is 6.29. The number of halogens is 1. The van der Waals surface area contributed by atoms with Crippen LogP contribution in [0.3, 0.4) is 0 Å². The fourth-order valence-electron chi connectivity index (χ4n) is 1.81. The number of hydrogen-bond acceptors (Lipinski definition) is 4. The van der Waals surface area contributed by atoms with Crippen LogP contribution in [0.2, 0.25) is 5.15 Å². The lowest BCUT2D eigenvalue weighted by Gasteiger charge is -2.07. The fourth-order valence-corrected chi connectivity index (χ4v) is 1.99. The van der Waals surface area contributed by atoms with Gasteiger partial charge in [0.15, 0.2) is 5.82 Å². The zero-order valence-electron chi connectivity index (χ0n) is 10.6. The minimum absolute atomic E-state index is 0.411. The van der Waals surface area contributed by atoms with Crippen LogP contribution in [0.15, 0.2) is 59.4 Å². The molecule has 1 aromatic carbocycles. The van der Waals surface area contributed by atoms with E-state index in [4.69, 9.17) is 16.0 Å². The zero-order valence-corrected chi connectivity index (χ0v) is 11.3. The van der Waals surface area contributed by atoms with Crippen molar-refractivity contribution in [2.45, 2.75) is 6.54 Å². The Bertz CT molecular complexity index is 684. The van der Waals surface area contributed by atoms with Crippen molar-refractivity contribution in [3.8, 4) is 11.4 Å². The molecule has 4 nitrogen and oxygen atoms in total. The predicted molar refractivity (Wildman–Crippen MR) is 78.5 cm³/mol. The van der Waals surface area contributed by atoms with Crippen molar-refractivity contribution < 1.29 is 4.42 Å². The molecule has 0 bridgehead atoms. The van der Waals surface area contributed by atoms with Crippen LogP contribution in [0.4, 0.5) is 5.82 Å². The Balaban J connectivity index is 1.83. The number of nitrogens with zero attached hydrogens (tertiary/aromatic N) is 2. The van der Waals surface area contributed by atoms with Gasteiger partial charge in [-0.3, -0.25) is 0 Å². The molecule has 5 heteroatoms. The van der Waals surface area contributed by atoms with Crippen LogP contribution in [-0.2, 0) is 6.54 Å². The Hall–Kier alpha value is -2.33. The van der Waals surface area contributed by atoms with Crippen molar-refractivity contribution in [1.29, 1.82) is 0 Å². The van der Waals surface area contributed by atoms with Crippen molar-refractivity contribution in [2.24, 2.45) is 0 Å². The Morgan fingerprint density at radius 3 is 2.70 bits per heavy atom. The van der Waals surface area contributed by atoms with E-state index in [-0.39, 0.29) is 0 Å². The summed E-state index contributed by atoms with van der Waals surface area (Å²) in [6.45, 7) is 0.623. The molecule has 0 aliphatic heterocycles. The molecule has 0 saturated carbocycles. The maximum atomic E-state index is 6.05. The van der Waals surface area contributed by atoms with Crippen LogP contribution in [0.25, 0.3) is 11.4 Å². The largest absolute Gasteiger partial charge is 0.472 e. The molecule has 0 radical (unpaired) electrons. The summed E-state index contributed by atoms with van der Waals surface area (Å²) in [6.07, 6.45) is 3.33. The summed E-state index contributed by atoms with van der Waals surface area (Å²) in [6, 6.07) is 13.3. The van der Waals surface area contributed by atoms with E-state index in [1.165, 1.54) is 0 Å². The van der Waals surface area contributed by atoms with Crippen molar-refractivity contribution in [3.63, 3.8) is 0 Å². The van der Waals surface area contributed by atoms with E-state index >= 15 is 0 Å². The van der Waals surface area contributed by atoms with Crippen molar-refractivity contribution in [3.05, 3.63) is 65.7 Å². The van der Waals surface area contributed by atoms with Gasteiger partial charge in [0.25, 0.3) is 0 Å². The first-order chi connectivity index (χ1) is 9.81. The lowest BCUT2D eigenvalue weighted by molar-refractivity contribution is 0.564. The molecule has 0 atom stereocenters. The van der Waals surface area contributed by atoms with Crippen LogP contribution >= 0.6 is 11.6 Å². The lowest BCUT2D eigenvalue weighted by Crippen LogP contribution is -2.02. The molecule has 2 aromatic heterocycles. The average molecular weight is 286 g/mol. The maximum absolute atomic E-state index is 6.05. The summed E-state index contributed by atoms with van der Waals surface area (Å²) in [5.41, 5.74) is 1.97. The first kappa shape index (κ1) is 12.7. The molecule has 0 fully saturated rings. The highest BCUT2D eigenvalue weighted by Gasteiger charge is 2.05. The van der Waals surface area contributed by atoms with E-state index in [1.807, 2.05) is 36.4 Å². The molecular weight excluding hydrogens is 274 g/mol. The molecule has 0 aliphatic rings. The van der Waals surface area contributed by atoms with Gasteiger partial charge < -0.3 is 9.73 Å². The van der Waals surface area contributed by atoms with E-state index in [0.29, 0.717) is 23.3 Å². The summed E-state index contributed by atoms with van der Waals surface area (Å²) < 4.78 is 5.02. The second kappa shape index (κ2) is 5.75. The highest BCUT2D eigenvalue weighted by atomic mass is 35.5. The van der Waals surface area contributed by atoms with E-state index < -0.39 is 0 Å². The Morgan fingerprint density at radius 2 is 1.95 bits per heavy atom. The van der Waals surface area contributed by atoms with Crippen LogP contribution in [0, 0.1) is 0 Å². The molecule has 0 saturated heterocycles. The summed E-state index contributed by atoms with van der Waals surface area (Å²) in [5.74, 6) is 1.29. The molecule has 1 N–H and O–H groups in total. The predicted octanol–water partition coefficient (Wildman–Crippen LogP) is 4.00. The van der Waals surface area contributed by atoms with Gasteiger partial charge in [-0.25, -0.2) is 9.97 Å². The Labute approximate surface area is 121 Å². The van der Waals surface area contributed by atoms with Gasteiger partial charge in [0.1, 0.15) is 11.0 Å². The average Bonchev–Trinajstić information content (AvgIpc) is 2.99.